The van der Waals surface area contributed by atoms with Gasteiger partial charge in [-0.25, -0.2) is 4.98 Å². The second-order valence-corrected chi connectivity index (χ2v) is 4.52. The summed E-state index contributed by atoms with van der Waals surface area (Å²) in [6.07, 6.45) is 2.80. The Labute approximate surface area is 109 Å². The van der Waals surface area contributed by atoms with Crippen molar-refractivity contribution >= 4 is 23.1 Å². The number of hydrogen-bond acceptors (Lipinski definition) is 6. The lowest BCUT2D eigenvalue weighted by atomic mass is 10.0. The molecule has 18 heavy (non-hydrogen) atoms. The van der Waals surface area contributed by atoms with Gasteiger partial charge in [-0.15, -0.1) is 0 Å². The van der Waals surface area contributed by atoms with Crippen molar-refractivity contribution in [2.24, 2.45) is 0 Å². The van der Waals surface area contributed by atoms with E-state index in [0.29, 0.717) is 6.61 Å². The van der Waals surface area contributed by atoms with E-state index in [1.165, 1.54) is 0 Å². The Morgan fingerprint density at radius 3 is 3.11 bits per heavy atom. The minimum Gasteiger partial charge on any atom is -0.378 e. The monoisotopic (exact) mass is 272 g/mol. The van der Waals surface area contributed by atoms with Crippen LogP contribution in [0.15, 0.2) is 6.20 Å². The van der Waals surface area contributed by atoms with Crippen LogP contribution in [0.2, 0.25) is 5.28 Å². The first-order valence-corrected chi connectivity index (χ1v) is 5.99. The van der Waals surface area contributed by atoms with Gasteiger partial charge in [-0.2, -0.15) is 4.98 Å². The predicted octanol–water partition coefficient (Wildman–Crippen LogP) is 2.02. The summed E-state index contributed by atoms with van der Waals surface area (Å²) in [6.45, 7) is 2.60. The minimum absolute atomic E-state index is 0.0109. The maximum atomic E-state index is 10.9. The van der Waals surface area contributed by atoms with E-state index < -0.39 is 4.92 Å². The normalized spacial score (nSPS) is 23.7. The summed E-state index contributed by atoms with van der Waals surface area (Å²) in [5, 5.41) is 13.9. The van der Waals surface area contributed by atoms with Crippen molar-refractivity contribution in [3.05, 3.63) is 21.6 Å². The molecule has 0 saturated carbocycles. The topological polar surface area (TPSA) is 90.2 Å². The molecule has 0 radical (unpaired) electrons. The number of nitrogens with zero attached hydrogens (tertiary/aromatic N) is 3. The largest absolute Gasteiger partial charge is 0.378 e. The van der Waals surface area contributed by atoms with Crippen molar-refractivity contribution in [2.75, 3.05) is 11.9 Å². The van der Waals surface area contributed by atoms with Gasteiger partial charge in [0.25, 0.3) is 0 Å². The first-order valence-electron chi connectivity index (χ1n) is 5.61. The van der Waals surface area contributed by atoms with E-state index in [9.17, 15) is 10.1 Å². The number of rotatable bonds is 3. The van der Waals surface area contributed by atoms with Crippen molar-refractivity contribution in [2.45, 2.75) is 31.9 Å². The molecule has 2 heterocycles. The van der Waals surface area contributed by atoms with E-state index in [1.54, 1.807) is 0 Å². The third-order valence-electron chi connectivity index (χ3n) is 2.76. The van der Waals surface area contributed by atoms with Crippen molar-refractivity contribution in [1.82, 2.24) is 9.97 Å². The molecule has 1 aromatic heterocycles. The summed E-state index contributed by atoms with van der Waals surface area (Å²) >= 11 is 5.66. The third-order valence-corrected chi connectivity index (χ3v) is 2.94. The molecule has 1 N–H and O–H groups in total. The van der Waals surface area contributed by atoms with Gasteiger partial charge in [0.15, 0.2) is 0 Å². The van der Waals surface area contributed by atoms with E-state index in [1.807, 2.05) is 6.92 Å². The number of nitro groups is 1. The Bertz CT molecular complexity index is 457. The van der Waals surface area contributed by atoms with Gasteiger partial charge in [0.1, 0.15) is 6.20 Å². The highest BCUT2D eigenvalue weighted by molar-refractivity contribution is 6.28. The SMILES string of the molecule is CC1CC(Nc2nc(Cl)ncc2[N+](=O)[O-])CCO1. The molecule has 8 heteroatoms. The molecule has 1 aliphatic rings. The highest BCUT2D eigenvalue weighted by Gasteiger charge is 2.24. The van der Waals surface area contributed by atoms with Gasteiger partial charge in [0.05, 0.1) is 11.0 Å². The fourth-order valence-electron chi connectivity index (χ4n) is 1.92. The van der Waals surface area contributed by atoms with Gasteiger partial charge in [-0.1, -0.05) is 0 Å². The Morgan fingerprint density at radius 1 is 1.67 bits per heavy atom. The van der Waals surface area contributed by atoms with Crippen molar-refractivity contribution < 1.29 is 9.66 Å². The molecular weight excluding hydrogens is 260 g/mol. The molecule has 2 unspecified atom stereocenters. The van der Waals surface area contributed by atoms with Gasteiger partial charge in [-0.05, 0) is 31.4 Å². The van der Waals surface area contributed by atoms with E-state index in [2.05, 4.69) is 15.3 Å². The number of anilines is 1. The van der Waals surface area contributed by atoms with Crippen molar-refractivity contribution in [3.8, 4) is 0 Å². The number of nitrogens with one attached hydrogen (secondary N) is 1. The van der Waals surface area contributed by atoms with Crippen LogP contribution in [0.1, 0.15) is 19.8 Å². The average Bonchev–Trinajstić information content (AvgIpc) is 2.28. The Hall–Kier alpha value is -1.47. The average molecular weight is 273 g/mol. The van der Waals surface area contributed by atoms with Crippen LogP contribution < -0.4 is 5.32 Å². The Balaban J connectivity index is 2.16. The third kappa shape index (κ3) is 3.05. The van der Waals surface area contributed by atoms with E-state index >= 15 is 0 Å². The predicted molar refractivity (Wildman–Crippen MR) is 65.8 cm³/mol. The smallest absolute Gasteiger partial charge is 0.329 e. The molecule has 0 amide bonds. The Kier molecular flexibility index (Phi) is 3.93. The molecule has 0 aliphatic carbocycles. The molecule has 2 rings (SSSR count). The molecule has 1 aromatic rings. The van der Waals surface area contributed by atoms with Crippen molar-refractivity contribution in [3.63, 3.8) is 0 Å². The van der Waals surface area contributed by atoms with Gasteiger partial charge in [0.2, 0.25) is 11.1 Å². The first-order chi connectivity index (χ1) is 8.56. The number of aromatic nitrogens is 2. The summed E-state index contributed by atoms with van der Waals surface area (Å²) < 4.78 is 5.41. The van der Waals surface area contributed by atoms with Gasteiger partial charge < -0.3 is 10.1 Å². The fourth-order valence-corrected chi connectivity index (χ4v) is 2.05. The minimum atomic E-state index is -0.526. The van der Waals surface area contributed by atoms with E-state index in [4.69, 9.17) is 16.3 Å². The number of halogens is 1. The van der Waals surface area contributed by atoms with Crippen LogP contribution in [0, 0.1) is 10.1 Å². The molecule has 0 spiro atoms. The molecule has 0 bridgehead atoms. The summed E-state index contributed by atoms with van der Waals surface area (Å²) in [7, 11) is 0. The molecule has 98 valence electrons. The van der Waals surface area contributed by atoms with E-state index in [0.717, 1.165) is 19.0 Å². The number of hydrogen-bond donors (Lipinski definition) is 1. The summed E-state index contributed by atoms with van der Waals surface area (Å²) in [5.74, 6) is 0.166. The fraction of sp³-hybridized carbons (Fsp3) is 0.600. The number of ether oxygens (including phenoxy) is 1. The van der Waals surface area contributed by atoms with Gasteiger partial charge >= 0.3 is 5.69 Å². The van der Waals surface area contributed by atoms with Crippen LogP contribution in [0.4, 0.5) is 11.5 Å². The summed E-state index contributed by atoms with van der Waals surface area (Å²) in [4.78, 5) is 17.8. The first kappa shape index (κ1) is 13.0. The maximum absolute atomic E-state index is 10.9. The zero-order valence-corrected chi connectivity index (χ0v) is 10.6. The zero-order valence-electron chi connectivity index (χ0n) is 9.80. The highest BCUT2D eigenvalue weighted by atomic mass is 35.5. The second-order valence-electron chi connectivity index (χ2n) is 4.18. The molecular formula is C10H13ClN4O3. The zero-order chi connectivity index (χ0) is 13.1. The van der Waals surface area contributed by atoms with Crippen LogP contribution >= 0.6 is 11.6 Å². The van der Waals surface area contributed by atoms with Crippen LogP contribution in [-0.4, -0.2) is 33.6 Å². The molecule has 0 aromatic carbocycles. The lowest BCUT2D eigenvalue weighted by Crippen LogP contribution is -2.33. The van der Waals surface area contributed by atoms with Crippen LogP contribution in [0.3, 0.4) is 0 Å². The lowest BCUT2D eigenvalue weighted by Gasteiger charge is -2.28. The molecule has 1 saturated heterocycles. The maximum Gasteiger partial charge on any atom is 0.329 e. The standard InChI is InChI=1S/C10H13ClN4O3/c1-6-4-7(2-3-18-6)13-9-8(15(16)17)5-12-10(11)14-9/h5-7H,2-4H2,1H3,(H,12,13,14). The summed E-state index contributed by atoms with van der Waals surface area (Å²) in [6, 6.07) is 0.0958. The molecule has 7 nitrogen and oxygen atoms in total. The summed E-state index contributed by atoms with van der Waals surface area (Å²) in [5.41, 5.74) is -0.168. The lowest BCUT2D eigenvalue weighted by molar-refractivity contribution is -0.384. The molecule has 1 fully saturated rings. The Morgan fingerprint density at radius 2 is 2.44 bits per heavy atom. The highest BCUT2D eigenvalue weighted by Crippen LogP contribution is 2.25. The van der Waals surface area contributed by atoms with Gasteiger partial charge in [-0.3, -0.25) is 10.1 Å². The van der Waals surface area contributed by atoms with Crippen LogP contribution in [0.25, 0.3) is 0 Å². The van der Waals surface area contributed by atoms with E-state index in [-0.39, 0.29) is 28.9 Å². The van der Waals surface area contributed by atoms with Crippen LogP contribution in [-0.2, 0) is 4.74 Å². The quantitative estimate of drug-likeness (QED) is 0.514. The molecule has 1 aliphatic heterocycles. The van der Waals surface area contributed by atoms with Gasteiger partial charge in [0, 0.05) is 12.6 Å². The van der Waals surface area contributed by atoms with Crippen LogP contribution in [0.5, 0.6) is 0 Å². The van der Waals surface area contributed by atoms with Crippen molar-refractivity contribution in [1.29, 1.82) is 0 Å². The molecule has 2 atom stereocenters. The second kappa shape index (κ2) is 5.45.